The second-order valence-corrected chi connectivity index (χ2v) is 5.16. The first kappa shape index (κ1) is 14.7. The Kier molecular flexibility index (Phi) is 5.76. The van der Waals surface area contributed by atoms with Gasteiger partial charge in [-0.1, -0.05) is 28.1 Å². The molecule has 0 saturated carbocycles. The van der Waals surface area contributed by atoms with Crippen LogP contribution >= 0.6 is 15.9 Å². The Labute approximate surface area is 126 Å². The number of aliphatic hydroxyl groups excluding tert-OH is 1. The topological polar surface area (TPSA) is 70.1 Å². The van der Waals surface area contributed by atoms with E-state index in [1.165, 1.54) is 11.9 Å². The molecule has 1 aromatic heterocycles. The van der Waals surface area contributed by atoms with Crippen molar-refractivity contribution >= 4 is 27.6 Å². The normalized spacial score (nSPS) is 10.3. The fourth-order valence-electron chi connectivity index (χ4n) is 1.76. The molecule has 2 rings (SSSR count). The molecule has 0 spiro atoms. The Morgan fingerprint density at radius 1 is 1.05 bits per heavy atom. The van der Waals surface area contributed by atoms with Gasteiger partial charge in [0.1, 0.15) is 18.0 Å². The van der Waals surface area contributed by atoms with Gasteiger partial charge in [-0.05, 0) is 24.1 Å². The number of aromatic nitrogens is 2. The molecule has 0 atom stereocenters. The molecule has 3 N–H and O–H groups in total. The van der Waals surface area contributed by atoms with E-state index in [9.17, 15) is 0 Å². The molecule has 2 aromatic rings. The summed E-state index contributed by atoms with van der Waals surface area (Å²) in [7, 11) is 0. The summed E-state index contributed by atoms with van der Waals surface area (Å²) in [6.45, 7) is 1.36. The molecule has 1 aromatic carbocycles. The fourth-order valence-corrected chi connectivity index (χ4v) is 2.21. The van der Waals surface area contributed by atoms with Crippen molar-refractivity contribution in [1.29, 1.82) is 0 Å². The zero-order chi connectivity index (χ0) is 14.2. The largest absolute Gasteiger partial charge is 0.395 e. The van der Waals surface area contributed by atoms with E-state index in [0.29, 0.717) is 12.4 Å². The average Bonchev–Trinajstić information content (AvgIpc) is 2.46. The number of nitrogens with one attached hydrogen (secondary N) is 2. The van der Waals surface area contributed by atoms with Crippen molar-refractivity contribution in [3.05, 3.63) is 46.7 Å². The van der Waals surface area contributed by atoms with Gasteiger partial charge < -0.3 is 15.7 Å². The van der Waals surface area contributed by atoms with E-state index in [2.05, 4.69) is 48.7 Å². The summed E-state index contributed by atoms with van der Waals surface area (Å²) in [6.07, 6.45) is 2.42. The SMILES string of the molecule is OCCNc1cc(NCCc2cccc(Br)c2)ncn1. The minimum atomic E-state index is 0.0790. The van der Waals surface area contributed by atoms with Crippen LogP contribution in [0.4, 0.5) is 11.6 Å². The standard InChI is InChI=1S/C14H17BrN4O/c15-12-3-1-2-11(8-12)4-5-16-13-9-14(17-6-7-20)19-10-18-13/h1-3,8-10,20H,4-7H2,(H2,16,17,18,19). The number of aliphatic hydroxyl groups is 1. The number of hydrogen-bond donors (Lipinski definition) is 3. The summed E-state index contributed by atoms with van der Waals surface area (Å²) in [6, 6.07) is 10.1. The first-order chi connectivity index (χ1) is 9.78. The van der Waals surface area contributed by atoms with Crippen LogP contribution < -0.4 is 10.6 Å². The zero-order valence-corrected chi connectivity index (χ0v) is 12.6. The lowest BCUT2D eigenvalue weighted by molar-refractivity contribution is 0.311. The van der Waals surface area contributed by atoms with Crippen molar-refractivity contribution in [2.24, 2.45) is 0 Å². The zero-order valence-electron chi connectivity index (χ0n) is 11.0. The Morgan fingerprint density at radius 3 is 2.50 bits per heavy atom. The highest BCUT2D eigenvalue weighted by Crippen LogP contribution is 2.13. The molecular formula is C14H17BrN4O. The van der Waals surface area contributed by atoms with Crippen LogP contribution in [0.15, 0.2) is 41.1 Å². The van der Waals surface area contributed by atoms with Crippen LogP contribution in [0, 0.1) is 0 Å². The Bertz CT molecular complexity index is 550. The number of nitrogens with zero attached hydrogens (tertiary/aromatic N) is 2. The summed E-state index contributed by atoms with van der Waals surface area (Å²) in [5.41, 5.74) is 1.26. The lowest BCUT2D eigenvalue weighted by Gasteiger charge is -2.08. The number of halogens is 1. The maximum absolute atomic E-state index is 8.76. The molecule has 0 bridgehead atoms. The van der Waals surface area contributed by atoms with E-state index in [4.69, 9.17) is 5.11 Å². The van der Waals surface area contributed by atoms with Gasteiger partial charge in [0.05, 0.1) is 6.61 Å². The van der Waals surface area contributed by atoms with Gasteiger partial charge in [-0.25, -0.2) is 9.97 Å². The third-order valence-corrected chi connectivity index (χ3v) is 3.19. The van der Waals surface area contributed by atoms with E-state index < -0.39 is 0 Å². The summed E-state index contributed by atoms with van der Waals surface area (Å²) in [5, 5.41) is 15.0. The first-order valence-electron chi connectivity index (χ1n) is 6.43. The highest BCUT2D eigenvalue weighted by molar-refractivity contribution is 9.10. The smallest absolute Gasteiger partial charge is 0.131 e. The maximum atomic E-state index is 8.76. The summed E-state index contributed by atoms with van der Waals surface area (Å²) < 4.78 is 1.09. The minimum Gasteiger partial charge on any atom is -0.395 e. The molecule has 0 unspecified atom stereocenters. The quantitative estimate of drug-likeness (QED) is 0.723. The number of anilines is 2. The van der Waals surface area contributed by atoms with Gasteiger partial charge in [-0.15, -0.1) is 0 Å². The van der Waals surface area contributed by atoms with Crippen molar-refractivity contribution in [3.63, 3.8) is 0 Å². The fraction of sp³-hybridized carbons (Fsp3) is 0.286. The van der Waals surface area contributed by atoms with Crippen LogP contribution in [0.25, 0.3) is 0 Å². The molecule has 106 valence electrons. The molecule has 6 heteroatoms. The van der Waals surface area contributed by atoms with E-state index in [1.807, 2.05) is 18.2 Å². The predicted molar refractivity (Wildman–Crippen MR) is 83.9 cm³/mol. The first-order valence-corrected chi connectivity index (χ1v) is 7.22. The summed E-state index contributed by atoms with van der Waals surface area (Å²) in [5.74, 6) is 1.48. The second-order valence-electron chi connectivity index (χ2n) is 4.25. The lowest BCUT2D eigenvalue weighted by Crippen LogP contribution is -2.10. The van der Waals surface area contributed by atoms with Gasteiger partial charge in [0.25, 0.3) is 0 Å². The summed E-state index contributed by atoms with van der Waals surface area (Å²) >= 11 is 3.46. The molecule has 1 heterocycles. The third kappa shape index (κ3) is 4.79. The van der Waals surface area contributed by atoms with Crippen molar-refractivity contribution in [1.82, 2.24) is 9.97 Å². The van der Waals surface area contributed by atoms with Crippen molar-refractivity contribution < 1.29 is 5.11 Å². The molecule has 0 radical (unpaired) electrons. The molecule has 0 aliphatic rings. The minimum absolute atomic E-state index is 0.0790. The number of hydrogen-bond acceptors (Lipinski definition) is 5. The van der Waals surface area contributed by atoms with Crippen LogP contribution in [-0.2, 0) is 6.42 Å². The van der Waals surface area contributed by atoms with Gasteiger partial charge in [-0.3, -0.25) is 0 Å². The predicted octanol–water partition coefficient (Wildman–Crippen LogP) is 2.30. The van der Waals surface area contributed by atoms with E-state index >= 15 is 0 Å². The van der Waals surface area contributed by atoms with Crippen molar-refractivity contribution in [3.8, 4) is 0 Å². The van der Waals surface area contributed by atoms with E-state index in [0.717, 1.165) is 23.3 Å². The molecule has 0 fully saturated rings. The Hall–Kier alpha value is -1.66. The van der Waals surface area contributed by atoms with Crippen LogP contribution in [0.5, 0.6) is 0 Å². The lowest BCUT2D eigenvalue weighted by atomic mass is 10.1. The van der Waals surface area contributed by atoms with Crippen molar-refractivity contribution in [2.75, 3.05) is 30.3 Å². The second kappa shape index (κ2) is 7.81. The van der Waals surface area contributed by atoms with Crippen LogP contribution in [0.3, 0.4) is 0 Å². The Balaban J connectivity index is 1.84. The van der Waals surface area contributed by atoms with E-state index in [1.54, 1.807) is 0 Å². The van der Waals surface area contributed by atoms with E-state index in [-0.39, 0.29) is 6.61 Å². The maximum Gasteiger partial charge on any atom is 0.131 e. The number of benzene rings is 1. The summed E-state index contributed by atoms with van der Waals surface area (Å²) in [4.78, 5) is 8.24. The highest BCUT2D eigenvalue weighted by atomic mass is 79.9. The van der Waals surface area contributed by atoms with Crippen LogP contribution in [0.2, 0.25) is 0 Å². The van der Waals surface area contributed by atoms with Gasteiger partial charge in [0.2, 0.25) is 0 Å². The van der Waals surface area contributed by atoms with Gasteiger partial charge in [-0.2, -0.15) is 0 Å². The molecular weight excluding hydrogens is 320 g/mol. The van der Waals surface area contributed by atoms with Gasteiger partial charge in [0.15, 0.2) is 0 Å². The van der Waals surface area contributed by atoms with Gasteiger partial charge in [0, 0.05) is 23.6 Å². The van der Waals surface area contributed by atoms with Crippen LogP contribution in [0.1, 0.15) is 5.56 Å². The third-order valence-electron chi connectivity index (χ3n) is 2.69. The molecule has 0 amide bonds. The molecule has 5 nitrogen and oxygen atoms in total. The molecule has 0 aliphatic heterocycles. The number of rotatable bonds is 7. The molecule has 20 heavy (non-hydrogen) atoms. The van der Waals surface area contributed by atoms with Gasteiger partial charge >= 0.3 is 0 Å². The van der Waals surface area contributed by atoms with Crippen molar-refractivity contribution in [2.45, 2.75) is 6.42 Å². The molecule has 0 saturated heterocycles. The monoisotopic (exact) mass is 336 g/mol. The highest BCUT2D eigenvalue weighted by Gasteiger charge is 1.99. The van der Waals surface area contributed by atoms with Crippen LogP contribution in [-0.4, -0.2) is 34.8 Å². The average molecular weight is 337 g/mol. The Morgan fingerprint density at radius 2 is 1.80 bits per heavy atom. The molecule has 0 aliphatic carbocycles.